The predicted molar refractivity (Wildman–Crippen MR) is 132 cm³/mol. The van der Waals surface area contributed by atoms with Gasteiger partial charge in [-0.15, -0.1) is 0 Å². The van der Waals surface area contributed by atoms with Crippen LogP contribution >= 0.6 is 0 Å². The highest BCUT2D eigenvalue weighted by Gasteiger charge is 2.39. The predicted octanol–water partition coefficient (Wildman–Crippen LogP) is 2.66. The maximum absolute atomic E-state index is 13.1. The van der Waals surface area contributed by atoms with Gasteiger partial charge in [0.05, 0.1) is 18.3 Å². The van der Waals surface area contributed by atoms with E-state index in [1.807, 2.05) is 24.3 Å². The maximum Gasteiger partial charge on any atom is 0.255 e. The highest BCUT2D eigenvalue weighted by atomic mass is 16.5. The molecule has 36 heavy (non-hydrogen) atoms. The van der Waals surface area contributed by atoms with E-state index in [0.29, 0.717) is 29.8 Å². The summed E-state index contributed by atoms with van der Waals surface area (Å²) in [6.07, 6.45) is 4.74. The number of piperidine rings is 1. The van der Waals surface area contributed by atoms with E-state index in [1.165, 1.54) is 12.8 Å². The number of amides is 3. The maximum atomic E-state index is 13.1. The molecule has 184 valence electrons. The molecule has 9 nitrogen and oxygen atoms in total. The van der Waals surface area contributed by atoms with Crippen LogP contribution in [0, 0.1) is 0 Å². The fraction of sp³-hybridized carbons (Fsp3) is 0.370. The third kappa shape index (κ3) is 3.89. The molecule has 1 unspecified atom stereocenters. The van der Waals surface area contributed by atoms with Gasteiger partial charge in [0.2, 0.25) is 11.8 Å². The Balaban J connectivity index is 1.37. The number of carbonyl (C=O) groups excluding carboxylic acids is 3. The van der Waals surface area contributed by atoms with Crippen molar-refractivity contribution in [3.05, 3.63) is 53.2 Å². The van der Waals surface area contributed by atoms with Crippen LogP contribution in [0.5, 0.6) is 5.75 Å². The van der Waals surface area contributed by atoms with E-state index in [9.17, 15) is 14.4 Å². The number of nitrogens with one attached hydrogen (secondary N) is 1. The largest absolute Gasteiger partial charge is 0.494 e. The molecule has 0 saturated carbocycles. The van der Waals surface area contributed by atoms with E-state index in [2.05, 4.69) is 21.3 Å². The minimum atomic E-state index is -0.632. The Morgan fingerprint density at radius 3 is 2.69 bits per heavy atom. The summed E-state index contributed by atoms with van der Waals surface area (Å²) in [6, 6.07) is 8.97. The van der Waals surface area contributed by atoms with Crippen molar-refractivity contribution in [3.63, 3.8) is 0 Å². The molecule has 5 heterocycles. The van der Waals surface area contributed by atoms with Gasteiger partial charge < -0.3 is 9.64 Å². The zero-order chi connectivity index (χ0) is 24.8. The summed E-state index contributed by atoms with van der Waals surface area (Å²) in [5, 5.41) is 2.35. The van der Waals surface area contributed by atoms with Gasteiger partial charge in [-0.2, -0.15) is 0 Å². The first kappa shape index (κ1) is 22.6. The van der Waals surface area contributed by atoms with Crippen molar-refractivity contribution in [3.8, 4) is 17.0 Å². The molecule has 6 rings (SSSR count). The van der Waals surface area contributed by atoms with Crippen LogP contribution in [0.25, 0.3) is 22.3 Å². The second-order valence-corrected chi connectivity index (χ2v) is 9.63. The average molecular weight is 486 g/mol. The van der Waals surface area contributed by atoms with Gasteiger partial charge in [-0.25, -0.2) is 4.98 Å². The van der Waals surface area contributed by atoms with Gasteiger partial charge in [0, 0.05) is 42.9 Å². The first-order chi connectivity index (χ1) is 17.5. The minimum absolute atomic E-state index is 0.182. The van der Waals surface area contributed by atoms with Crippen molar-refractivity contribution in [2.75, 3.05) is 20.2 Å². The quantitative estimate of drug-likeness (QED) is 0.554. The van der Waals surface area contributed by atoms with Crippen molar-refractivity contribution in [1.29, 1.82) is 0 Å². The van der Waals surface area contributed by atoms with Crippen molar-refractivity contribution < 1.29 is 19.1 Å². The summed E-state index contributed by atoms with van der Waals surface area (Å²) in [5.41, 5.74) is 5.76. The van der Waals surface area contributed by atoms with E-state index in [0.717, 1.165) is 47.5 Å². The topological polar surface area (TPSA) is 105 Å². The molecule has 1 N–H and O–H groups in total. The number of hydrogen-bond donors (Lipinski definition) is 1. The van der Waals surface area contributed by atoms with E-state index in [-0.39, 0.29) is 18.2 Å². The summed E-state index contributed by atoms with van der Waals surface area (Å²) in [5.74, 6) is -0.210. The van der Waals surface area contributed by atoms with Gasteiger partial charge in [0.25, 0.3) is 5.91 Å². The minimum Gasteiger partial charge on any atom is -0.494 e. The molecule has 0 bridgehead atoms. The van der Waals surface area contributed by atoms with Crippen LogP contribution in [0.15, 0.2) is 36.5 Å². The molecule has 2 aromatic heterocycles. The molecule has 3 aromatic rings. The van der Waals surface area contributed by atoms with Crippen molar-refractivity contribution in [1.82, 2.24) is 25.1 Å². The Morgan fingerprint density at radius 1 is 1.08 bits per heavy atom. The number of carbonyl (C=O) groups is 3. The lowest BCUT2D eigenvalue weighted by Gasteiger charge is -2.29. The standard InChI is InChI=1S/C27H27N5O4/c1-36-22-8-9-28-24-18(14-31-10-2-3-11-31)13-20(29-25(22)24)16-4-5-19-17(12-16)15-32(27(19)35)21-6-7-23(33)30-26(21)34/h4-5,8-9,12-13,21H,2-3,6-7,10-11,14-15H2,1H3,(H,30,33,34). The van der Waals surface area contributed by atoms with Crippen LogP contribution in [-0.4, -0.2) is 63.7 Å². The summed E-state index contributed by atoms with van der Waals surface area (Å²) >= 11 is 0. The van der Waals surface area contributed by atoms with Crippen molar-refractivity contribution >= 4 is 28.8 Å². The highest BCUT2D eigenvalue weighted by Crippen LogP contribution is 2.34. The number of likely N-dealkylation sites (tertiary alicyclic amines) is 1. The summed E-state index contributed by atoms with van der Waals surface area (Å²) < 4.78 is 5.60. The molecular weight excluding hydrogens is 458 g/mol. The molecule has 0 spiro atoms. The SMILES string of the molecule is COc1ccnc2c(CN3CCCC3)cc(-c3ccc4c(c3)CN(C3CCC(=O)NC3=O)C4=O)nc12. The van der Waals surface area contributed by atoms with Gasteiger partial charge in [0.15, 0.2) is 0 Å². The average Bonchev–Trinajstić information content (AvgIpc) is 3.51. The van der Waals surface area contributed by atoms with Gasteiger partial charge in [-0.05, 0) is 61.7 Å². The number of imide groups is 1. The lowest BCUT2D eigenvalue weighted by Crippen LogP contribution is -2.52. The zero-order valence-corrected chi connectivity index (χ0v) is 20.1. The Bertz CT molecular complexity index is 1400. The van der Waals surface area contributed by atoms with Crippen LogP contribution in [0.1, 0.15) is 47.2 Å². The fourth-order valence-electron chi connectivity index (χ4n) is 5.51. The van der Waals surface area contributed by atoms with E-state index in [4.69, 9.17) is 9.72 Å². The van der Waals surface area contributed by atoms with Gasteiger partial charge in [-0.1, -0.05) is 6.07 Å². The normalized spacial score (nSPS) is 20.2. The van der Waals surface area contributed by atoms with Crippen LogP contribution in [0.3, 0.4) is 0 Å². The van der Waals surface area contributed by atoms with E-state index < -0.39 is 11.9 Å². The second-order valence-electron chi connectivity index (χ2n) is 9.63. The number of aromatic nitrogens is 2. The first-order valence-corrected chi connectivity index (χ1v) is 12.3. The zero-order valence-electron chi connectivity index (χ0n) is 20.1. The molecule has 1 aromatic carbocycles. The molecule has 0 radical (unpaired) electrons. The number of nitrogens with zero attached hydrogens (tertiary/aromatic N) is 4. The van der Waals surface area contributed by atoms with E-state index in [1.54, 1.807) is 18.2 Å². The van der Waals surface area contributed by atoms with Crippen molar-refractivity contribution in [2.45, 2.75) is 44.8 Å². The number of fused-ring (bicyclic) bond motifs is 2. The number of benzene rings is 1. The molecule has 1 atom stereocenters. The molecule has 9 heteroatoms. The summed E-state index contributed by atoms with van der Waals surface area (Å²) in [6.45, 7) is 3.26. The van der Waals surface area contributed by atoms with E-state index >= 15 is 0 Å². The van der Waals surface area contributed by atoms with Crippen LogP contribution < -0.4 is 10.1 Å². The van der Waals surface area contributed by atoms with Crippen LogP contribution in [0.2, 0.25) is 0 Å². The van der Waals surface area contributed by atoms with Crippen molar-refractivity contribution in [2.24, 2.45) is 0 Å². The number of rotatable bonds is 5. The molecule has 3 amide bonds. The Kier molecular flexibility index (Phi) is 5.64. The third-order valence-corrected chi connectivity index (χ3v) is 7.37. The highest BCUT2D eigenvalue weighted by molar-refractivity contribution is 6.05. The third-order valence-electron chi connectivity index (χ3n) is 7.37. The molecular formula is C27H27N5O4. The van der Waals surface area contributed by atoms with Gasteiger partial charge in [-0.3, -0.25) is 29.6 Å². The molecule has 3 aliphatic rings. The molecule has 0 aliphatic carbocycles. The Morgan fingerprint density at radius 2 is 1.92 bits per heavy atom. The Hall–Kier alpha value is -3.85. The lowest BCUT2D eigenvalue weighted by atomic mass is 10.0. The Labute approximate surface area is 208 Å². The number of pyridine rings is 2. The number of methoxy groups -OCH3 is 1. The molecule has 2 fully saturated rings. The summed E-state index contributed by atoms with van der Waals surface area (Å²) in [4.78, 5) is 50.6. The number of hydrogen-bond acceptors (Lipinski definition) is 7. The first-order valence-electron chi connectivity index (χ1n) is 12.3. The second kappa shape index (κ2) is 8.98. The lowest BCUT2D eigenvalue weighted by molar-refractivity contribution is -0.136. The summed E-state index contributed by atoms with van der Waals surface area (Å²) in [7, 11) is 1.63. The smallest absolute Gasteiger partial charge is 0.255 e. The molecule has 3 aliphatic heterocycles. The van der Waals surface area contributed by atoms with Gasteiger partial charge in [0.1, 0.15) is 17.3 Å². The molecule has 2 saturated heterocycles. The fourth-order valence-corrected chi connectivity index (χ4v) is 5.51. The van der Waals surface area contributed by atoms with Crippen LogP contribution in [0.4, 0.5) is 0 Å². The number of ether oxygens (including phenoxy) is 1. The van der Waals surface area contributed by atoms with Crippen LogP contribution in [-0.2, 0) is 22.7 Å². The monoisotopic (exact) mass is 485 g/mol. The van der Waals surface area contributed by atoms with Gasteiger partial charge >= 0.3 is 0 Å².